The van der Waals surface area contributed by atoms with Crippen molar-refractivity contribution in [2.75, 3.05) is 6.61 Å². The van der Waals surface area contributed by atoms with Crippen LogP contribution >= 0.6 is 0 Å². The number of esters is 1. The monoisotopic (exact) mass is 181 g/mol. The maximum atomic E-state index is 11.3. The topological polar surface area (TPSA) is 65.0 Å². The zero-order chi connectivity index (χ0) is 9.84. The van der Waals surface area contributed by atoms with E-state index < -0.39 is 5.97 Å². The Balaban J connectivity index is 2.99. The normalized spacial score (nSPS) is 9.77. The third-order valence-electron chi connectivity index (χ3n) is 1.43. The van der Waals surface area contributed by atoms with Gasteiger partial charge >= 0.3 is 5.97 Å². The fourth-order valence-corrected chi connectivity index (χ4v) is 0.853. The minimum atomic E-state index is -0.446. The average Bonchev–Trinajstić information content (AvgIpc) is 2.09. The van der Waals surface area contributed by atoms with Crippen LogP contribution in [0.25, 0.3) is 0 Å². The molecule has 5 heteroatoms. The van der Waals surface area contributed by atoms with Crippen LogP contribution in [0, 0.1) is 13.8 Å². The first-order valence-electron chi connectivity index (χ1n) is 4.00. The summed E-state index contributed by atoms with van der Waals surface area (Å²) in [4.78, 5) is 15.2. The lowest BCUT2D eigenvalue weighted by atomic mass is 10.3. The Hall–Kier alpha value is -1.52. The predicted molar refractivity (Wildman–Crippen MR) is 45.3 cm³/mol. The molecule has 0 N–H and O–H groups in total. The molecule has 13 heavy (non-hydrogen) atoms. The summed E-state index contributed by atoms with van der Waals surface area (Å²) in [6, 6.07) is 0. The molecular formula is C8H11N3O2. The van der Waals surface area contributed by atoms with Crippen LogP contribution in [-0.2, 0) is 4.74 Å². The van der Waals surface area contributed by atoms with Crippen LogP contribution in [0.5, 0.6) is 0 Å². The smallest absolute Gasteiger partial charge is 0.358 e. The van der Waals surface area contributed by atoms with Crippen molar-refractivity contribution in [3.05, 3.63) is 17.2 Å². The van der Waals surface area contributed by atoms with E-state index in [4.69, 9.17) is 4.74 Å². The van der Waals surface area contributed by atoms with Gasteiger partial charge in [0.1, 0.15) is 5.82 Å². The lowest BCUT2D eigenvalue weighted by molar-refractivity contribution is 0.0517. The molecule has 1 heterocycles. The Morgan fingerprint density at radius 1 is 1.38 bits per heavy atom. The first-order chi connectivity index (χ1) is 6.15. The molecule has 0 aromatic carbocycles. The zero-order valence-electron chi connectivity index (χ0n) is 7.87. The molecule has 1 rings (SSSR count). The first-order valence-corrected chi connectivity index (χ1v) is 4.00. The highest BCUT2D eigenvalue weighted by Crippen LogP contribution is 2.02. The van der Waals surface area contributed by atoms with Crippen LogP contribution in [0.1, 0.15) is 28.9 Å². The van der Waals surface area contributed by atoms with Crippen molar-refractivity contribution >= 4 is 5.97 Å². The Kier molecular flexibility index (Phi) is 2.89. The molecule has 1 aromatic rings. The Labute approximate surface area is 76.2 Å². The number of ether oxygens (including phenoxy) is 1. The Morgan fingerprint density at radius 3 is 2.69 bits per heavy atom. The molecule has 0 saturated heterocycles. The standard InChI is InChI=1S/C8H11N3O2/c1-4-13-8(12)7-5(2)10-11-6(3)9-7/h4H2,1-3H3. The molecule has 0 saturated carbocycles. The lowest BCUT2D eigenvalue weighted by Gasteiger charge is -2.02. The SMILES string of the molecule is CCOC(=O)c1nc(C)nnc1C. The van der Waals surface area contributed by atoms with E-state index in [1.165, 1.54) is 0 Å². The molecule has 0 aliphatic heterocycles. The van der Waals surface area contributed by atoms with E-state index in [1.807, 2.05) is 0 Å². The highest BCUT2D eigenvalue weighted by atomic mass is 16.5. The van der Waals surface area contributed by atoms with Crippen molar-refractivity contribution in [3.8, 4) is 0 Å². The van der Waals surface area contributed by atoms with Gasteiger partial charge in [0, 0.05) is 0 Å². The molecule has 0 radical (unpaired) electrons. The lowest BCUT2D eigenvalue weighted by Crippen LogP contribution is -2.12. The van der Waals surface area contributed by atoms with Crippen molar-refractivity contribution in [1.82, 2.24) is 15.2 Å². The van der Waals surface area contributed by atoms with Crippen molar-refractivity contribution in [1.29, 1.82) is 0 Å². The van der Waals surface area contributed by atoms with Crippen LogP contribution in [0.3, 0.4) is 0 Å². The van der Waals surface area contributed by atoms with Crippen LogP contribution < -0.4 is 0 Å². The second-order valence-corrected chi connectivity index (χ2v) is 2.51. The number of carbonyl (C=O) groups excluding carboxylic acids is 1. The van der Waals surface area contributed by atoms with Gasteiger partial charge < -0.3 is 4.74 Å². The van der Waals surface area contributed by atoms with Gasteiger partial charge in [0.25, 0.3) is 0 Å². The number of aryl methyl sites for hydroxylation is 2. The van der Waals surface area contributed by atoms with Crippen molar-refractivity contribution in [3.63, 3.8) is 0 Å². The second-order valence-electron chi connectivity index (χ2n) is 2.51. The number of nitrogens with zero attached hydrogens (tertiary/aromatic N) is 3. The molecule has 1 aromatic heterocycles. The van der Waals surface area contributed by atoms with Gasteiger partial charge in [-0.2, -0.15) is 5.10 Å². The van der Waals surface area contributed by atoms with E-state index in [9.17, 15) is 4.79 Å². The van der Waals surface area contributed by atoms with Gasteiger partial charge in [0.2, 0.25) is 0 Å². The van der Waals surface area contributed by atoms with E-state index in [1.54, 1.807) is 20.8 Å². The molecule has 70 valence electrons. The summed E-state index contributed by atoms with van der Waals surface area (Å²) in [5, 5.41) is 7.48. The number of rotatable bonds is 2. The van der Waals surface area contributed by atoms with Crippen molar-refractivity contribution in [2.24, 2.45) is 0 Å². The van der Waals surface area contributed by atoms with Crippen LogP contribution in [0.15, 0.2) is 0 Å². The molecule has 0 aliphatic rings. The number of hydrogen-bond donors (Lipinski definition) is 0. The number of carbonyl (C=O) groups is 1. The Bertz CT molecular complexity index is 325. The molecule has 0 amide bonds. The fraction of sp³-hybridized carbons (Fsp3) is 0.500. The predicted octanol–water partition coefficient (Wildman–Crippen LogP) is 0.665. The van der Waals surface area contributed by atoms with Crippen LogP contribution in [0.4, 0.5) is 0 Å². The molecule has 5 nitrogen and oxygen atoms in total. The maximum absolute atomic E-state index is 11.3. The van der Waals surface area contributed by atoms with Gasteiger partial charge in [0.15, 0.2) is 5.69 Å². The molecule has 0 spiro atoms. The quantitative estimate of drug-likeness (QED) is 0.627. The van der Waals surface area contributed by atoms with Crippen molar-refractivity contribution < 1.29 is 9.53 Å². The minimum absolute atomic E-state index is 0.245. The number of hydrogen-bond acceptors (Lipinski definition) is 5. The third kappa shape index (κ3) is 2.21. The second kappa shape index (κ2) is 3.93. The summed E-state index contributed by atoms with van der Waals surface area (Å²) in [5.74, 6) is 0.0200. The largest absolute Gasteiger partial charge is 0.461 e. The number of aromatic nitrogens is 3. The fourth-order valence-electron chi connectivity index (χ4n) is 0.853. The van der Waals surface area contributed by atoms with Gasteiger partial charge in [-0.1, -0.05) is 0 Å². The van der Waals surface area contributed by atoms with Gasteiger partial charge in [-0.3, -0.25) is 0 Å². The van der Waals surface area contributed by atoms with Gasteiger partial charge in [-0.05, 0) is 20.8 Å². The third-order valence-corrected chi connectivity index (χ3v) is 1.43. The molecule has 0 fully saturated rings. The van der Waals surface area contributed by atoms with E-state index in [0.29, 0.717) is 18.1 Å². The van der Waals surface area contributed by atoms with E-state index in [-0.39, 0.29) is 5.69 Å². The van der Waals surface area contributed by atoms with Gasteiger partial charge in [-0.15, -0.1) is 5.10 Å². The van der Waals surface area contributed by atoms with E-state index in [2.05, 4.69) is 15.2 Å². The summed E-state index contributed by atoms with van der Waals surface area (Å²) in [6.45, 7) is 5.43. The summed E-state index contributed by atoms with van der Waals surface area (Å²) in [6.07, 6.45) is 0. The minimum Gasteiger partial charge on any atom is -0.461 e. The zero-order valence-corrected chi connectivity index (χ0v) is 7.87. The van der Waals surface area contributed by atoms with Crippen molar-refractivity contribution in [2.45, 2.75) is 20.8 Å². The van der Waals surface area contributed by atoms with E-state index in [0.717, 1.165) is 0 Å². The van der Waals surface area contributed by atoms with Crippen LogP contribution in [-0.4, -0.2) is 27.8 Å². The summed E-state index contributed by atoms with van der Waals surface area (Å²) < 4.78 is 4.79. The first kappa shape index (κ1) is 9.57. The van der Waals surface area contributed by atoms with Crippen LogP contribution in [0.2, 0.25) is 0 Å². The molecule has 0 aliphatic carbocycles. The molecular weight excluding hydrogens is 170 g/mol. The summed E-state index contributed by atoms with van der Waals surface area (Å²) in [5.41, 5.74) is 0.735. The summed E-state index contributed by atoms with van der Waals surface area (Å²) >= 11 is 0. The highest BCUT2D eigenvalue weighted by molar-refractivity contribution is 5.88. The highest BCUT2D eigenvalue weighted by Gasteiger charge is 2.13. The molecule has 0 unspecified atom stereocenters. The summed E-state index contributed by atoms with van der Waals surface area (Å²) in [7, 11) is 0. The van der Waals surface area contributed by atoms with Gasteiger partial charge in [-0.25, -0.2) is 9.78 Å². The van der Waals surface area contributed by atoms with E-state index >= 15 is 0 Å². The van der Waals surface area contributed by atoms with Gasteiger partial charge in [0.05, 0.1) is 12.3 Å². The maximum Gasteiger partial charge on any atom is 0.358 e. The molecule has 0 atom stereocenters. The average molecular weight is 181 g/mol. The molecule has 0 bridgehead atoms. The Morgan fingerprint density at radius 2 is 2.08 bits per heavy atom.